The molecule has 1 saturated carbocycles. The number of anilines is 2. The molecule has 0 radical (unpaired) electrons. The second kappa shape index (κ2) is 7.92. The van der Waals surface area contributed by atoms with Crippen LogP contribution < -0.4 is 16.0 Å². The average Bonchev–Trinajstić information content (AvgIpc) is 3.14. The fraction of sp³-hybridized carbons (Fsp3) is 0.364. The van der Waals surface area contributed by atoms with Crippen LogP contribution in [0.3, 0.4) is 0 Å². The highest BCUT2D eigenvalue weighted by Gasteiger charge is 2.38. The molecule has 0 spiro atoms. The predicted octanol–water partition coefficient (Wildman–Crippen LogP) is 3.80. The smallest absolute Gasteiger partial charge is 0.255 e. The number of carbonyl (C=O) groups excluding carboxylic acids is 2. The fourth-order valence-electron chi connectivity index (χ4n) is 4.18. The Morgan fingerprint density at radius 2 is 1.56 bits per heavy atom. The van der Waals surface area contributed by atoms with Crippen LogP contribution in [0.5, 0.6) is 0 Å². The molecule has 3 N–H and O–H groups in total. The SMILES string of the molecule is O=C(Nc1ccccc1)c1ccc(NC(=O)C2CC3CCCCC3N2)cc1. The van der Waals surface area contributed by atoms with E-state index in [0.717, 1.165) is 12.1 Å². The molecule has 2 aromatic carbocycles. The number of benzene rings is 2. The summed E-state index contributed by atoms with van der Waals surface area (Å²) in [5.41, 5.74) is 2.03. The second-order valence-electron chi connectivity index (χ2n) is 7.49. The van der Waals surface area contributed by atoms with E-state index in [4.69, 9.17) is 0 Å². The molecule has 2 aromatic rings. The molecule has 3 unspecified atom stereocenters. The van der Waals surface area contributed by atoms with Crippen LogP contribution in [0.2, 0.25) is 0 Å². The highest BCUT2D eigenvalue weighted by Crippen LogP contribution is 2.33. The zero-order valence-electron chi connectivity index (χ0n) is 15.3. The van der Waals surface area contributed by atoms with Gasteiger partial charge in [0.25, 0.3) is 5.91 Å². The van der Waals surface area contributed by atoms with E-state index in [1.54, 1.807) is 24.3 Å². The third kappa shape index (κ3) is 4.19. The molecule has 1 aliphatic carbocycles. The summed E-state index contributed by atoms with van der Waals surface area (Å²) in [6.45, 7) is 0. The summed E-state index contributed by atoms with van der Waals surface area (Å²) in [6.07, 6.45) is 5.87. The van der Waals surface area contributed by atoms with Crippen molar-refractivity contribution in [3.05, 3.63) is 60.2 Å². The minimum Gasteiger partial charge on any atom is -0.325 e. The minimum absolute atomic E-state index is 0.0193. The maximum Gasteiger partial charge on any atom is 0.255 e. The quantitative estimate of drug-likeness (QED) is 0.774. The molecule has 140 valence electrons. The van der Waals surface area contributed by atoms with E-state index >= 15 is 0 Å². The van der Waals surface area contributed by atoms with Crippen molar-refractivity contribution in [2.75, 3.05) is 10.6 Å². The van der Waals surface area contributed by atoms with Gasteiger partial charge in [0.2, 0.25) is 5.91 Å². The van der Waals surface area contributed by atoms with Gasteiger partial charge in [-0.1, -0.05) is 31.0 Å². The summed E-state index contributed by atoms with van der Waals surface area (Å²) >= 11 is 0. The standard InChI is InChI=1S/C22H25N3O2/c26-21(23-17-7-2-1-3-8-17)15-10-12-18(13-11-15)24-22(27)20-14-16-6-4-5-9-19(16)25-20/h1-3,7-8,10-13,16,19-20,25H,4-6,9,14H2,(H,23,26)(H,24,27). The van der Waals surface area contributed by atoms with Crippen LogP contribution in [0.25, 0.3) is 0 Å². The third-order valence-corrected chi connectivity index (χ3v) is 5.63. The lowest BCUT2D eigenvalue weighted by atomic mass is 9.85. The lowest BCUT2D eigenvalue weighted by Gasteiger charge is -2.24. The highest BCUT2D eigenvalue weighted by atomic mass is 16.2. The topological polar surface area (TPSA) is 70.2 Å². The molecular weight excluding hydrogens is 338 g/mol. The average molecular weight is 363 g/mol. The molecular formula is C22H25N3O2. The van der Waals surface area contributed by atoms with E-state index < -0.39 is 0 Å². The molecule has 27 heavy (non-hydrogen) atoms. The van der Waals surface area contributed by atoms with E-state index in [2.05, 4.69) is 16.0 Å². The summed E-state index contributed by atoms with van der Waals surface area (Å²) in [4.78, 5) is 24.9. The molecule has 4 rings (SSSR count). The van der Waals surface area contributed by atoms with E-state index in [0.29, 0.717) is 23.2 Å². The van der Waals surface area contributed by atoms with Crippen molar-refractivity contribution in [3.63, 3.8) is 0 Å². The van der Waals surface area contributed by atoms with Gasteiger partial charge in [-0.25, -0.2) is 0 Å². The molecule has 2 amide bonds. The maximum absolute atomic E-state index is 12.6. The van der Waals surface area contributed by atoms with Gasteiger partial charge in [-0.3, -0.25) is 9.59 Å². The molecule has 1 aliphatic heterocycles. The van der Waals surface area contributed by atoms with E-state index in [1.807, 2.05) is 30.3 Å². The Labute approximate surface area is 159 Å². The van der Waals surface area contributed by atoms with E-state index in [1.165, 1.54) is 25.7 Å². The maximum atomic E-state index is 12.6. The predicted molar refractivity (Wildman–Crippen MR) is 107 cm³/mol. The molecule has 3 atom stereocenters. The van der Waals surface area contributed by atoms with Gasteiger partial charge >= 0.3 is 0 Å². The first-order valence-corrected chi connectivity index (χ1v) is 9.72. The number of rotatable bonds is 4. The number of para-hydroxylation sites is 1. The zero-order chi connectivity index (χ0) is 18.6. The normalized spacial score (nSPS) is 24.1. The first kappa shape index (κ1) is 17.7. The first-order chi connectivity index (χ1) is 13.2. The Morgan fingerprint density at radius 1 is 0.852 bits per heavy atom. The van der Waals surface area contributed by atoms with Gasteiger partial charge in [-0.15, -0.1) is 0 Å². The fourth-order valence-corrected chi connectivity index (χ4v) is 4.18. The summed E-state index contributed by atoms with van der Waals surface area (Å²) in [6, 6.07) is 16.8. The van der Waals surface area contributed by atoms with Gasteiger partial charge in [-0.05, 0) is 61.6 Å². The number of nitrogens with one attached hydrogen (secondary N) is 3. The van der Waals surface area contributed by atoms with Gasteiger partial charge in [-0.2, -0.15) is 0 Å². The van der Waals surface area contributed by atoms with Gasteiger partial charge in [0.1, 0.15) is 0 Å². The summed E-state index contributed by atoms with van der Waals surface area (Å²) < 4.78 is 0. The van der Waals surface area contributed by atoms with Crippen molar-refractivity contribution in [1.82, 2.24) is 5.32 Å². The van der Waals surface area contributed by atoms with Crippen LogP contribution >= 0.6 is 0 Å². The molecule has 2 fully saturated rings. The van der Waals surface area contributed by atoms with Crippen molar-refractivity contribution in [3.8, 4) is 0 Å². The van der Waals surface area contributed by atoms with Crippen LogP contribution in [0, 0.1) is 5.92 Å². The van der Waals surface area contributed by atoms with E-state index in [-0.39, 0.29) is 17.9 Å². The number of carbonyl (C=O) groups is 2. The Bertz CT molecular complexity index is 790. The van der Waals surface area contributed by atoms with Crippen LogP contribution in [-0.4, -0.2) is 23.9 Å². The monoisotopic (exact) mass is 363 g/mol. The third-order valence-electron chi connectivity index (χ3n) is 5.63. The van der Waals surface area contributed by atoms with E-state index in [9.17, 15) is 9.59 Å². The van der Waals surface area contributed by atoms with Crippen LogP contribution in [0.1, 0.15) is 42.5 Å². The molecule has 5 heteroatoms. The number of amides is 2. The Kier molecular flexibility index (Phi) is 5.21. The lowest BCUT2D eigenvalue weighted by Crippen LogP contribution is -2.39. The summed E-state index contributed by atoms with van der Waals surface area (Å²) in [5, 5.41) is 9.33. The van der Waals surface area contributed by atoms with Crippen molar-refractivity contribution in [1.29, 1.82) is 0 Å². The van der Waals surface area contributed by atoms with Gasteiger partial charge in [0.15, 0.2) is 0 Å². The Hall–Kier alpha value is -2.66. The number of hydrogen-bond donors (Lipinski definition) is 3. The van der Waals surface area contributed by atoms with Gasteiger partial charge < -0.3 is 16.0 Å². The summed E-state index contributed by atoms with van der Waals surface area (Å²) in [7, 11) is 0. The Morgan fingerprint density at radius 3 is 2.30 bits per heavy atom. The van der Waals surface area contributed by atoms with Crippen LogP contribution in [0.15, 0.2) is 54.6 Å². The molecule has 0 aromatic heterocycles. The molecule has 5 nitrogen and oxygen atoms in total. The Balaban J connectivity index is 1.33. The number of hydrogen-bond acceptors (Lipinski definition) is 3. The lowest BCUT2D eigenvalue weighted by molar-refractivity contribution is -0.117. The molecule has 0 bridgehead atoms. The van der Waals surface area contributed by atoms with Gasteiger partial charge in [0.05, 0.1) is 6.04 Å². The first-order valence-electron chi connectivity index (χ1n) is 9.72. The van der Waals surface area contributed by atoms with Gasteiger partial charge in [0, 0.05) is 23.0 Å². The number of fused-ring (bicyclic) bond motifs is 1. The van der Waals surface area contributed by atoms with Crippen molar-refractivity contribution < 1.29 is 9.59 Å². The van der Waals surface area contributed by atoms with Crippen molar-refractivity contribution in [2.24, 2.45) is 5.92 Å². The summed E-state index contributed by atoms with van der Waals surface area (Å²) in [5.74, 6) is 0.491. The highest BCUT2D eigenvalue weighted by molar-refractivity contribution is 6.04. The molecule has 1 heterocycles. The second-order valence-corrected chi connectivity index (χ2v) is 7.49. The van der Waals surface area contributed by atoms with Crippen molar-refractivity contribution >= 4 is 23.2 Å². The minimum atomic E-state index is -0.166. The van der Waals surface area contributed by atoms with Crippen LogP contribution in [-0.2, 0) is 4.79 Å². The zero-order valence-corrected chi connectivity index (χ0v) is 15.3. The van der Waals surface area contributed by atoms with Crippen molar-refractivity contribution in [2.45, 2.75) is 44.2 Å². The molecule has 1 saturated heterocycles. The van der Waals surface area contributed by atoms with Crippen LogP contribution in [0.4, 0.5) is 11.4 Å². The molecule has 2 aliphatic rings. The largest absolute Gasteiger partial charge is 0.325 e.